The topological polar surface area (TPSA) is 136 Å². The van der Waals surface area contributed by atoms with Crippen molar-refractivity contribution in [3.05, 3.63) is 0 Å². The highest BCUT2D eigenvalue weighted by Crippen LogP contribution is 2.14. The average Bonchev–Trinajstić information content (AvgIpc) is 2.73. The molecule has 0 rings (SSSR count). The van der Waals surface area contributed by atoms with Crippen LogP contribution in [0, 0.1) is 0 Å². The van der Waals surface area contributed by atoms with Gasteiger partial charge >= 0.3 is 17.9 Å². The van der Waals surface area contributed by atoms with Crippen molar-refractivity contribution in [3.63, 3.8) is 0 Å². The fourth-order valence-corrected chi connectivity index (χ4v) is 3.04. The van der Waals surface area contributed by atoms with Crippen LogP contribution in [0.3, 0.4) is 0 Å². The second-order valence-electron chi connectivity index (χ2n) is 12.0. The normalized spacial score (nSPS) is 13.7. The zero-order chi connectivity index (χ0) is 32.1. The lowest BCUT2D eigenvalue weighted by atomic mass is 10.0. The molecule has 0 heterocycles. The minimum absolute atomic E-state index is 0.0659. The summed E-state index contributed by atoms with van der Waals surface area (Å²) in [4.78, 5) is 48.9. The fraction of sp³-hybridized carbons (Fsp3) is 0.852. The second-order valence-corrected chi connectivity index (χ2v) is 12.4. The van der Waals surface area contributed by atoms with Crippen LogP contribution in [0.1, 0.15) is 84.3 Å². The number of hydrogen-bond donors (Lipinski definition) is 1. The third kappa shape index (κ3) is 21.7. The molecule has 11 nitrogen and oxygen atoms in total. The summed E-state index contributed by atoms with van der Waals surface area (Å²) in [6.07, 6.45) is -0.210. The Morgan fingerprint density at radius 3 is 1.13 bits per heavy atom. The van der Waals surface area contributed by atoms with Gasteiger partial charge in [-0.05, 0) is 62.3 Å². The number of amides is 1. The van der Waals surface area contributed by atoms with Gasteiger partial charge in [0.2, 0.25) is 5.91 Å². The maximum Gasteiger partial charge on any atom is 0.308 e. The van der Waals surface area contributed by atoms with Gasteiger partial charge in [0, 0.05) is 2.74 Å². The molecule has 39 heavy (non-hydrogen) atoms. The number of hydrogen-bond acceptors (Lipinski definition) is 10. The van der Waals surface area contributed by atoms with E-state index >= 15 is 0 Å². The Labute approximate surface area is 244 Å². The number of rotatable bonds is 17. The molecule has 0 spiro atoms. The van der Waals surface area contributed by atoms with Crippen molar-refractivity contribution in [1.29, 1.82) is 0 Å². The summed E-state index contributed by atoms with van der Waals surface area (Å²) in [5.41, 5.74) is -3.45. The molecule has 0 saturated heterocycles. The average molecular weight is 629 g/mol. The zero-order valence-electron chi connectivity index (χ0n) is 26.8. The molecule has 0 aromatic heterocycles. The van der Waals surface area contributed by atoms with E-state index in [2.05, 4.69) is 21.2 Å². The first-order valence-electron chi connectivity index (χ1n) is 13.8. The molecule has 0 aromatic rings. The Kier molecular flexibility index (Phi) is 14.7. The Morgan fingerprint density at radius 1 is 0.615 bits per heavy atom. The number of carbonyl (C=O) groups excluding carboxylic acids is 4. The van der Waals surface area contributed by atoms with Crippen LogP contribution in [0.5, 0.6) is 0 Å². The Morgan fingerprint density at radius 2 is 0.897 bits per heavy atom. The van der Waals surface area contributed by atoms with E-state index in [1.54, 1.807) is 62.3 Å². The first-order valence-corrected chi connectivity index (χ1v) is 13.6. The standard InChI is InChI=1S/C27H48BrNO10/c1-24(2,3)37-21(31)10-13-34-17-27(29-20(30)16-28,18-35-14-11-22(32)38-25(4,5)6)19-36-15-12-23(33)39-26(7,8)9/h10-19H2,1-9H3,(H,29,30)/i16D2. The highest BCUT2D eigenvalue weighted by atomic mass is 79.9. The number of alkyl halides is 1. The number of nitrogens with one attached hydrogen (secondary N) is 1. The van der Waals surface area contributed by atoms with E-state index in [9.17, 15) is 19.2 Å². The SMILES string of the molecule is [2H]C([2H])(Br)C(=O)NC(COCCC(=O)OC(C)(C)C)(COCCC(=O)OC(C)(C)C)COCCC(=O)OC(C)(C)C. The van der Waals surface area contributed by atoms with Gasteiger partial charge < -0.3 is 33.7 Å². The van der Waals surface area contributed by atoms with E-state index in [1.165, 1.54) is 0 Å². The monoisotopic (exact) mass is 627 g/mol. The zero-order valence-corrected chi connectivity index (χ0v) is 26.4. The first-order chi connectivity index (χ1) is 18.4. The predicted molar refractivity (Wildman–Crippen MR) is 149 cm³/mol. The summed E-state index contributed by atoms with van der Waals surface area (Å²) >= 11 is 2.70. The van der Waals surface area contributed by atoms with Gasteiger partial charge in [0.1, 0.15) is 22.3 Å². The van der Waals surface area contributed by atoms with Gasteiger partial charge in [0.15, 0.2) is 0 Å². The lowest BCUT2D eigenvalue weighted by molar-refractivity contribution is -0.157. The Bertz CT molecular complexity index is 770. The van der Waals surface area contributed by atoms with Crippen molar-refractivity contribution in [2.75, 3.05) is 44.9 Å². The van der Waals surface area contributed by atoms with Crippen molar-refractivity contribution >= 4 is 39.7 Å². The number of esters is 3. The van der Waals surface area contributed by atoms with Gasteiger partial charge in [-0.25, -0.2) is 0 Å². The summed E-state index contributed by atoms with van der Waals surface area (Å²) in [6.45, 7) is 14.7. The van der Waals surface area contributed by atoms with Crippen molar-refractivity contribution in [1.82, 2.24) is 5.32 Å². The van der Waals surface area contributed by atoms with Crippen molar-refractivity contribution < 1.29 is 50.3 Å². The third-order valence-corrected chi connectivity index (χ3v) is 4.57. The smallest absolute Gasteiger partial charge is 0.308 e. The number of halogens is 1. The van der Waals surface area contributed by atoms with Crippen molar-refractivity contribution in [2.45, 2.75) is 104 Å². The van der Waals surface area contributed by atoms with Crippen molar-refractivity contribution in [2.24, 2.45) is 0 Å². The van der Waals surface area contributed by atoms with E-state index < -0.39 is 51.4 Å². The maximum atomic E-state index is 12.7. The highest BCUT2D eigenvalue weighted by Gasteiger charge is 2.34. The summed E-state index contributed by atoms with van der Waals surface area (Å²) in [5, 5.41) is 0.136. The lowest BCUT2D eigenvalue weighted by Gasteiger charge is -2.34. The van der Waals surface area contributed by atoms with E-state index in [0.717, 1.165) is 0 Å². The summed E-state index contributed by atoms with van der Waals surface area (Å²) < 4.78 is 48.4. The van der Waals surface area contributed by atoms with Crippen LogP contribution in [0.25, 0.3) is 0 Å². The quantitative estimate of drug-likeness (QED) is 0.110. The van der Waals surface area contributed by atoms with Gasteiger partial charge in [-0.15, -0.1) is 0 Å². The third-order valence-electron chi connectivity index (χ3n) is 4.21. The van der Waals surface area contributed by atoms with Crippen LogP contribution < -0.4 is 5.32 Å². The lowest BCUT2D eigenvalue weighted by Crippen LogP contribution is -2.59. The molecule has 0 atom stereocenters. The van der Waals surface area contributed by atoms with Crippen molar-refractivity contribution in [3.8, 4) is 0 Å². The van der Waals surface area contributed by atoms with Gasteiger partial charge in [0.25, 0.3) is 0 Å². The molecule has 0 aliphatic carbocycles. The minimum Gasteiger partial charge on any atom is -0.460 e. The van der Waals surface area contributed by atoms with Crippen LogP contribution in [-0.4, -0.2) is 91.1 Å². The van der Waals surface area contributed by atoms with Gasteiger partial charge in [-0.1, -0.05) is 15.9 Å². The van der Waals surface area contributed by atoms with Crippen LogP contribution >= 0.6 is 15.9 Å². The molecule has 0 radical (unpaired) electrons. The fourth-order valence-electron chi connectivity index (χ4n) is 2.94. The summed E-state index contributed by atoms with van der Waals surface area (Å²) in [7, 11) is 0. The molecule has 12 heteroatoms. The van der Waals surface area contributed by atoms with Crippen LogP contribution in [0.4, 0.5) is 0 Å². The predicted octanol–water partition coefficient (Wildman–Crippen LogP) is 3.48. The number of ether oxygens (including phenoxy) is 6. The largest absolute Gasteiger partial charge is 0.460 e. The van der Waals surface area contributed by atoms with Crippen LogP contribution in [-0.2, 0) is 47.6 Å². The molecular formula is C27H48BrNO10. The maximum absolute atomic E-state index is 12.7. The van der Waals surface area contributed by atoms with E-state index in [4.69, 9.17) is 31.2 Å². The Balaban J connectivity index is 5.56. The molecule has 0 aliphatic rings. The minimum atomic E-state index is -2.43. The first kappa shape index (κ1) is 33.4. The molecule has 0 aliphatic heterocycles. The molecule has 228 valence electrons. The van der Waals surface area contributed by atoms with Gasteiger partial charge in [0.05, 0.1) is 64.2 Å². The summed E-state index contributed by atoms with van der Waals surface area (Å²) in [6, 6.07) is 0. The van der Waals surface area contributed by atoms with E-state index in [0.29, 0.717) is 0 Å². The second kappa shape index (κ2) is 17.1. The van der Waals surface area contributed by atoms with Gasteiger partial charge in [-0.2, -0.15) is 0 Å². The van der Waals surface area contributed by atoms with Gasteiger partial charge in [-0.3, -0.25) is 19.2 Å². The molecular weight excluding hydrogens is 578 g/mol. The van der Waals surface area contributed by atoms with E-state index in [1.807, 2.05) is 0 Å². The molecule has 0 bridgehead atoms. The molecule has 1 amide bonds. The molecule has 0 fully saturated rings. The molecule has 0 saturated carbocycles. The van der Waals surface area contributed by atoms with Crippen LogP contribution in [0.2, 0.25) is 0 Å². The molecule has 0 aromatic carbocycles. The van der Waals surface area contributed by atoms with Crippen LogP contribution in [0.15, 0.2) is 0 Å². The van der Waals surface area contributed by atoms with E-state index in [-0.39, 0.29) is 58.9 Å². The number of carbonyl (C=O) groups is 4. The summed E-state index contributed by atoms with van der Waals surface area (Å²) in [5.74, 6) is -2.47. The molecule has 1 N–H and O–H groups in total. The Hall–Kier alpha value is -1.76. The molecule has 0 unspecified atom stereocenters. The highest BCUT2D eigenvalue weighted by molar-refractivity contribution is 9.09.